The molecule has 0 aliphatic heterocycles. The Hall–Kier alpha value is 0.0200. The fourth-order valence-electron chi connectivity index (χ4n) is 0.257. The third-order valence-corrected chi connectivity index (χ3v) is 1.81. The van der Waals surface area contributed by atoms with Crippen molar-refractivity contribution in [2.45, 2.75) is 0 Å². The first-order valence-electron chi connectivity index (χ1n) is 2.33. The summed E-state index contributed by atoms with van der Waals surface area (Å²) in [5.41, 5.74) is 0. The first-order valence-corrected chi connectivity index (χ1v) is 5.43. The van der Waals surface area contributed by atoms with Gasteiger partial charge in [0.15, 0.2) is 0 Å². The highest BCUT2D eigenvalue weighted by Gasteiger charge is 2.03. The van der Waals surface area contributed by atoms with Crippen molar-refractivity contribution in [3.05, 3.63) is 0 Å². The van der Waals surface area contributed by atoms with Gasteiger partial charge in [-0.1, -0.05) is 0 Å². The Morgan fingerprint density at radius 3 is 2.40 bits per heavy atom. The van der Waals surface area contributed by atoms with Crippen LogP contribution >= 0.6 is 0 Å². The normalized spacial score (nSPS) is 15.0. The van der Waals surface area contributed by atoms with Crippen molar-refractivity contribution >= 4 is 21.2 Å². The van der Waals surface area contributed by atoms with Crippen LogP contribution < -0.4 is 0 Å². The van der Waals surface area contributed by atoms with Gasteiger partial charge in [0.25, 0.3) is 0 Å². The van der Waals surface area contributed by atoms with E-state index in [-0.39, 0.29) is 12.4 Å². The van der Waals surface area contributed by atoms with E-state index in [1.165, 1.54) is 6.26 Å². The van der Waals surface area contributed by atoms with Gasteiger partial charge in [-0.25, -0.2) is 4.18 Å². The van der Waals surface area contributed by atoms with Gasteiger partial charge in [-0.3, -0.25) is 8.76 Å². The van der Waals surface area contributed by atoms with E-state index in [1.54, 1.807) is 0 Å². The highest BCUT2D eigenvalue weighted by molar-refractivity contribution is 7.84. The lowest BCUT2D eigenvalue weighted by Crippen LogP contribution is -2.10. The third-order valence-electron chi connectivity index (χ3n) is 0.603. The van der Waals surface area contributed by atoms with E-state index in [1.807, 2.05) is 0 Å². The van der Waals surface area contributed by atoms with Gasteiger partial charge < -0.3 is 0 Å². The van der Waals surface area contributed by atoms with Crippen LogP contribution in [-0.2, 0) is 25.4 Å². The summed E-state index contributed by atoms with van der Waals surface area (Å²) in [7, 11) is -5.46. The summed E-state index contributed by atoms with van der Waals surface area (Å²) < 4.78 is 41.8. The lowest BCUT2D eigenvalue weighted by Gasteiger charge is -1.95. The van der Waals surface area contributed by atoms with E-state index in [4.69, 9.17) is 4.55 Å². The second-order valence-corrected chi connectivity index (χ2v) is 4.17. The van der Waals surface area contributed by atoms with E-state index in [0.29, 0.717) is 0 Å². The van der Waals surface area contributed by atoms with Crippen molar-refractivity contribution in [1.29, 1.82) is 0 Å². The first-order chi connectivity index (χ1) is 4.42. The maximum absolute atomic E-state index is 10.3. The lowest BCUT2D eigenvalue weighted by atomic mass is 10.9. The molecule has 0 saturated carbocycles. The van der Waals surface area contributed by atoms with Crippen molar-refractivity contribution in [3.63, 3.8) is 0 Å². The van der Waals surface area contributed by atoms with E-state index in [0.717, 1.165) is 0 Å². The van der Waals surface area contributed by atoms with Gasteiger partial charge in [-0.2, -0.15) is 8.42 Å². The SMILES string of the molecule is CS(=O)CCOS(=O)(=O)O. The van der Waals surface area contributed by atoms with Crippen LogP contribution in [0.2, 0.25) is 0 Å². The van der Waals surface area contributed by atoms with Crippen molar-refractivity contribution < 1.29 is 21.4 Å². The third kappa shape index (κ3) is 8.02. The quantitative estimate of drug-likeness (QED) is 0.583. The Morgan fingerprint density at radius 2 is 2.10 bits per heavy atom. The summed E-state index contributed by atoms with van der Waals surface area (Å²) in [6.45, 7) is -0.248. The monoisotopic (exact) mass is 188 g/mol. The molecule has 10 heavy (non-hydrogen) atoms. The summed E-state index contributed by atoms with van der Waals surface area (Å²) in [5.74, 6) is 0.0970. The van der Waals surface area contributed by atoms with Crippen molar-refractivity contribution in [2.75, 3.05) is 18.6 Å². The van der Waals surface area contributed by atoms with Crippen LogP contribution in [0.15, 0.2) is 0 Å². The van der Waals surface area contributed by atoms with Gasteiger partial charge >= 0.3 is 10.4 Å². The van der Waals surface area contributed by atoms with Gasteiger partial charge in [-0.05, 0) is 0 Å². The average molecular weight is 188 g/mol. The molecule has 0 aromatic rings. The fourth-order valence-corrected chi connectivity index (χ4v) is 0.974. The van der Waals surface area contributed by atoms with Crippen LogP contribution in [0, 0.1) is 0 Å². The summed E-state index contributed by atoms with van der Waals surface area (Å²) in [5, 5.41) is 0. The standard InChI is InChI=1S/C3H8O5S2/c1-9(4)3-2-8-10(5,6)7/h2-3H2,1H3,(H,5,6,7). The Labute approximate surface area is 61.8 Å². The largest absolute Gasteiger partial charge is 0.397 e. The minimum atomic E-state index is -4.35. The zero-order valence-electron chi connectivity index (χ0n) is 5.31. The molecule has 1 unspecified atom stereocenters. The van der Waals surface area contributed by atoms with E-state index < -0.39 is 21.2 Å². The Balaban J connectivity index is 3.49. The number of hydrogen-bond donors (Lipinski definition) is 1. The van der Waals surface area contributed by atoms with Gasteiger partial charge in [0, 0.05) is 22.8 Å². The maximum atomic E-state index is 10.3. The molecule has 0 fully saturated rings. The van der Waals surface area contributed by atoms with Crippen LogP contribution in [0.3, 0.4) is 0 Å². The summed E-state index contributed by atoms with van der Waals surface area (Å²) in [4.78, 5) is 0. The predicted octanol–water partition coefficient (Wildman–Crippen LogP) is -0.816. The highest BCUT2D eigenvalue weighted by Crippen LogP contribution is 1.85. The lowest BCUT2D eigenvalue weighted by molar-refractivity contribution is 0.284. The van der Waals surface area contributed by atoms with Gasteiger partial charge in [-0.15, -0.1) is 0 Å². The number of hydrogen-bond acceptors (Lipinski definition) is 4. The topological polar surface area (TPSA) is 80.7 Å². The molecule has 0 aliphatic carbocycles. The van der Waals surface area contributed by atoms with E-state index in [9.17, 15) is 12.6 Å². The highest BCUT2D eigenvalue weighted by atomic mass is 32.3. The second-order valence-electron chi connectivity index (χ2n) is 1.53. The maximum Gasteiger partial charge on any atom is 0.397 e. The van der Waals surface area contributed by atoms with E-state index in [2.05, 4.69) is 4.18 Å². The Bertz CT molecular complexity index is 205. The van der Waals surface area contributed by atoms with Crippen molar-refractivity contribution in [1.82, 2.24) is 0 Å². The second kappa shape index (κ2) is 4.02. The van der Waals surface area contributed by atoms with Gasteiger partial charge in [0.1, 0.15) is 0 Å². The molecule has 0 rings (SSSR count). The Morgan fingerprint density at radius 1 is 1.60 bits per heavy atom. The molecule has 0 bridgehead atoms. The summed E-state index contributed by atoms with van der Waals surface area (Å²) >= 11 is 0. The molecule has 0 heterocycles. The van der Waals surface area contributed by atoms with Crippen LogP contribution in [0.1, 0.15) is 0 Å². The minimum Gasteiger partial charge on any atom is -0.264 e. The summed E-state index contributed by atoms with van der Waals surface area (Å²) in [6, 6.07) is 0. The molecule has 1 N–H and O–H groups in total. The molecule has 1 atom stereocenters. The predicted molar refractivity (Wildman–Crippen MR) is 36.4 cm³/mol. The van der Waals surface area contributed by atoms with Crippen LogP contribution in [0.4, 0.5) is 0 Å². The minimum absolute atomic E-state index is 0.0970. The molecule has 62 valence electrons. The molecule has 0 saturated heterocycles. The first kappa shape index (κ1) is 10.0. The molecule has 7 heteroatoms. The molecule has 0 radical (unpaired) electrons. The van der Waals surface area contributed by atoms with Gasteiger partial charge in [0.2, 0.25) is 0 Å². The molecule has 0 spiro atoms. The molecule has 5 nitrogen and oxygen atoms in total. The molecule has 0 aliphatic rings. The van der Waals surface area contributed by atoms with Crippen molar-refractivity contribution in [3.8, 4) is 0 Å². The number of rotatable bonds is 4. The van der Waals surface area contributed by atoms with Gasteiger partial charge in [0.05, 0.1) is 6.61 Å². The summed E-state index contributed by atoms with van der Waals surface area (Å²) in [6.07, 6.45) is 1.41. The molecular formula is C3H8O5S2. The fraction of sp³-hybridized carbons (Fsp3) is 1.00. The Kier molecular flexibility index (Phi) is 4.02. The zero-order chi connectivity index (χ0) is 8.20. The average Bonchev–Trinajstić information content (AvgIpc) is 1.59. The van der Waals surface area contributed by atoms with Crippen LogP contribution in [0.25, 0.3) is 0 Å². The smallest absolute Gasteiger partial charge is 0.264 e. The van der Waals surface area contributed by atoms with Crippen molar-refractivity contribution in [2.24, 2.45) is 0 Å². The van der Waals surface area contributed by atoms with E-state index >= 15 is 0 Å². The van der Waals surface area contributed by atoms with Crippen LogP contribution in [0.5, 0.6) is 0 Å². The molecule has 0 aromatic carbocycles. The zero-order valence-corrected chi connectivity index (χ0v) is 6.94. The molecule has 0 aromatic heterocycles. The molecular weight excluding hydrogens is 180 g/mol. The molecule has 0 amide bonds. The van der Waals surface area contributed by atoms with Crippen LogP contribution in [-0.4, -0.2) is 35.8 Å².